The molecule has 0 spiro atoms. The number of pyridine rings is 1. The highest BCUT2D eigenvalue weighted by molar-refractivity contribution is 6.32. The topological polar surface area (TPSA) is 93.8 Å². The van der Waals surface area contributed by atoms with E-state index in [1.165, 1.54) is 12.1 Å². The maximum Gasteiger partial charge on any atom is 0.271 e. The van der Waals surface area contributed by atoms with Crippen LogP contribution in [0.25, 0.3) is 11.3 Å². The van der Waals surface area contributed by atoms with E-state index >= 15 is 0 Å². The monoisotopic (exact) mass is 317 g/mol. The average molecular weight is 317 g/mol. The van der Waals surface area contributed by atoms with Crippen LogP contribution in [0.2, 0.25) is 0 Å². The molecule has 0 aliphatic heterocycles. The predicted molar refractivity (Wildman–Crippen MR) is 91.8 cm³/mol. The second-order valence-electron chi connectivity index (χ2n) is 5.15. The number of nitro groups is 1. The van der Waals surface area contributed by atoms with Gasteiger partial charge in [-0.15, -0.1) is 0 Å². The van der Waals surface area contributed by atoms with Crippen molar-refractivity contribution in [3.05, 3.63) is 64.6 Å². The maximum atomic E-state index is 10.9. The number of benzene rings is 1. The number of hydrogen-bond donors (Lipinski definition) is 1. The smallest absolute Gasteiger partial charge is 0.271 e. The molecule has 1 N–H and O–H groups in total. The van der Waals surface area contributed by atoms with E-state index in [2.05, 4.69) is 20.3 Å². The lowest BCUT2D eigenvalue weighted by Crippen LogP contribution is -2.04. The van der Waals surface area contributed by atoms with Gasteiger partial charge in [-0.3, -0.25) is 15.1 Å². The van der Waals surface area contributed by atoms with Crippen molar-refractivity contribution in [3.63, 3.8) is 0 Å². The van der Waals surface area contributed by atoms with E-state index in [1.54, 1.807) is 36.8 Å². The number of nitrogens with zero attached hydrogens (tertiary/aromatic N) is 4. The van der Waals surface area contributed by atoms with Crippen molar-refractivity contribution in [1.82, 2.24) is 15.0 Å². The molecule has 0 bridgehead atoms. The zero-order valence-corrected chi connectivity index (χ0v) is 12.8. The summed E-state index contributed by atoms with van der Waals surface area (Å²) in [7, 11) is 5.74. The molecule has 0 saturated carbocycles. The summed E-state index contributed by atoms with van der Waals surface area (Å²) >= 11 is 0. The zero-order valence-electron chi connectivity index (χ0n) is 12.8. The number of anilines is 2. The van der Waals surface area contributed by atoms with E-state index in [0.717, 1.165) is 11.1 Å². The Morgan fingerprint density at radius 3 is 2.79 bits per heavy atom. The third-order valence-corrected chi connectivity index (χ3v) is 3.39. The van der Waals surface area contributed by atoms with Crippen LogP contribution < -0.4 is 10.8 Å². The molecule has 3 rings (SSSR count). The van der Waals surface area contributed by atoms with Crippen molar-refractivity contribution in [2.45, 2.75) is 6.92 Å². The fourth-order valence-electron chi connectivity index (χ4n) is 2.16. The first kappa shape index (κ1) is 15.6. The molecular formula is C16H12BN5O2. The normalized spacial score (nSPS) is 10.4. The largest absolute Gasteiger partial charge is 0.324 e. The molecule has 116 valence electrons. The molecule has 1 aromatic carbocycles. The van der Waals surface area contributed by atoms with Gasteiger partial charge in [-0.2, -0.15) is 0 Å². The van der Waals surface area contributed by atoms with Crippen molar-refractivity contribution in [3.8, 4) is 11.3 Å². The van der Waals surface area contributed by atoms with E-state index < -0.39 is 4.92 Å². The van der Waals surface area contributed by atoms with Crippen molar-refractivity contribution in [2.24, 2.45) is 0 Å². The minimum Gasteiger partial charge on any atom is -0.324 e. The standard InChI is InChI=1S/C16H12BN5O2/c1-10-2-3-13(22(23)24)7-15(10)21-16-19-5-4-14(20-16)11-6-12(17)9-18-8-11/h2-9H,1H3,(H,19,20,21). The molecule has 0 saturated heterocycles. The average Bonchev–Trinajstić information content (AvgIpc) is 2.57. The van der Waals surface area contributed by atoms with Crippen LogP contribution in [0.3, 0.4) is 0 Å². The summed E-state index contributed by atoms with van der Waals surface area (Å²) in [5, 5.41) is 13.9. The SMILES string of the molecule is [B]c1cncc(-c2ccnc(Nc3cc([N+](=O)[O-])ccc3C)n2)c1. The van der Waals surface area contributed by atoms with Gasteiger partial charge in [-0.05, 0) is 18.6 Å². The molecule has 3 aromatic rings. The Balaban J connectivity index is 1.93. The van der Waals surface area contributed by atoms with Gasteiger partial charge in [0.05, 0.1) is 16.3 Å². The summed E-state index contributed by atoms with van der Waals surface area (Å²) < 4.78 is 0. The van der Waals surface area contributed by atoms with E-state index in [1.807, 2.05) is 6.92 Å². The zero-order chi connectivity index (χ0) is 17.1. The molecule has 7 nitrogen and oxygen atoms in total. The van der Waals surface area contributed by atoms with E-state index in [0.29, 0.717) is 22.8 Å². The highest BCUT2D eigenvalue weighted by Gasteiger charge is 2.10. The lowest BCUT2D eigenvalue weighted by Gasteiger charge is -2.09. The summed E-state index contributed by atoms with van der Waals surface area (Å²) in [5.74, 6) is 0.332. The van der Waals surface area contributed by atoms with Gasteiger partial charge in [0.25, 0.3) is 5.69 Å². The minimum atomic E-state index is -0.444. The number of rotatable bonds is 4. The molecule has 8 heteroatoms. The fraction of sp³-hybridized carbons (Fsp3) is 0.0625. The van der Waals surface area contributed by atoms with Crippen LogP contribution in [-0.4, -0.2) is 27.7 Å². The Hall–Kier alpha value is -3.29. The summed E-state index contributed by atoms with van der Waals surface area (Å²) in [6.45, 7) is 1.84. The van der Waals surface area contributed by atoms with Crippen LogP contribution in [0.1, 0.15) is 5.56 Å². The van der Waals surface area contributed by atoms with Crippen molar-refractivity contribution >= 4 is 30.6 Å². The molecular weight excluding hydrogens is 305 g/mol. The van der Waals surface area contributed by atoms with Gasteiger partial charge in [0, 0.05) is 36.3 Å². The molecule has 2 heterocycles. The number of nitro benzene ring substituents is 1. The molecule has 2 radical (unpaired) electrons. The lowest BCUT2D eigenvalue weighted by molar-refractivity contribution is -0.384. The first-order chi connectivity index (χ1) is 11.5. The van der Waals surface area contributed by atoms with Crippen molar-refractivity contribution in [2.75, 3.05) is 5.32 Å². The Bertz CT molecular complexity index is 916. The number of aryl methyl sites for hydroxylation is 1. The van der Waals surface area contributed by atoms with Crippen molar-refractivity contribution in [1.29, 1.82) is 0 Å². The molecule has 0 aliphatic carbocycles. The fourth-order valence-corrected chi connectivity index (χ4v) is 2.16. The first-order valence-electron chi connectivity index (χ1n) is 7.09. The number of aromatic nitrogens is 3. The summed E-state index contributed by atoms with van der Waals surface area (Å²) in [5.41, 5.74) is 3.37. The van der Waals surface area contributed by atoms with E-state index in [-0.39, 0.29) is 5.69 Å². The maximum absolute atomic E-state index is 10.9. The molecule has 2 aromatic heterocycles. The molecule has 0 fully saturated rings. The first-order valence-corrected chi connectivity index (χ1v) is 7.09. The number of nitrogens with one attached hydrogen (secondary N) is 1. The minimum absolute atomic E-state index is 0.000660. The van der Waals surface area contributed by atoms with Crippen LogP contribution in [0.15, 0.2) is 48.9 Å². The van der Waals surface area contributed by atoms with E-state index in [4.69, 9.17) is 7.85 Å². The summed E-state index contributed by atoms with van der Waals surface area (Å²) in [6, 6.07) is 8.08. The van der Waals surface area contributed by atoms with Crippen LogP contribution >= 0.6 is 0 Å². The van der Waals surface area contributed by atoms with Gasteiger partial charge in [-0.25, -0.2) is 9.97 Å². The number of non-ortho nitro benzene ring substituents is 1. The van der Waals surface area contributed by atoms with Crippen LogP contribution in [-0.2, 0) is 0 Å². The van der Waals surface area contributed by atoms with Gasteiger partial charge in [-0.1, -0.05) is 17.6 Å². The predicted octanol–water partition coefficient (Wildman–Crippen LogP) is 2.29. The summed E-state index contributed by atoms with van der Waals surface area (Å²) in [4.78, 5) is 23.1. The van der Waals surface area contributed by atoms with Crippen LogP contribution in [0.4, 0.5) is 17.3 Å². The number of hydrogen-bond acceptors (Lipinski definition) is 6. The Labute approximate surface area is 139 Å². The van der Waals surface area contributed by atoms with Crippen LogP contribution in [0.5, 0.6) is 0 Å². The van der Waals surface area contributed by atoms with E-state index in [9.17, 15) is 10.1 Å². The van der Waals surface area contributed by atoms with Gasteiger partial charge in [0.1, 0.15) is 7.85 Å². The molecule has 0 amide bonds. The van der Waals surface area contributed by atoms with Gasteiger partial charge >= 0.3 is 0 Å². The van der Waals surface area contributed by atoms with Gasteiger partial charge < -0.3 is 5.32 Å². The lowest BCUT2D eigenvalue weighted by atomic mass is 9.96. The Morgan fingerprint density at radius 1 is 1.21 bits per heavy atom. The quantitative estimate of drug-likeness (QED) is 0.451. The molecule has 0 atom stereocenters. The molecule has 0 aliphatic rings. The Kier molecular flexibility index (Phi) is 4.19. The second-order valence-corrected chi connectivity index (χ2v) is 5.15. The third-order valence-electron chi connectivity index (χ3n) is 3.39. The Morgan fingerprint density at radius 2 is 2.04 bits per heavy atom. The van der Waals surface area contributed by atoms with Crippen LogP contribution in [0, 0.1) is 17.0 Å². The molecule has 24 heavy (non-hydrogen) atoms. The van der Waals surface area contributed by atoms with Gasteiger partial charge in [0.2, 0.25) is 5.95 Å². The molecule has 0 unspecified atom stereocenters. The van der Waals surface area contributed by atoms with Crippen molar-refractivity contribution < 1.29 is 4.92 Å². The highest BCUT2D eigenvalue weighted by Crippen LogP contribution is 2.24. The third kappa shape index (κ3) is 3.38. The summed E-state index contributed by atoms with van der Waals surface area (Å²) in [6.07, 6.45) is 4.80. The second kappa shape index (κ2) is 6.45. The van der Waals surface area contributed by atoms with Gasteiger partial charge in [0.15, 0.2) is 0 Å². The highest BCUT2D eigenvalue weighted by atomic mass is 16.6.